The Morgan fingerprint density at radius 1 is 1.43 bits per heavy atom. The lowest BCUT2D eigenvalue weighted by molar-refractivity contribution is -0.384. The monoisotopic (exact) mass is 314 g/mol. The fourth-order valence-electron chi connectivity index (χ4n) is 1.34. The van der Waals surface area contributed by atoms with Crippen LogP contribution in [0.25, 0.3) is 0 Å². The number of benzene rings is 1. The van der Waals surface area contributed by atoms with Gasteiger partial charge in [0.05, 0.1) is 17.2 Å². The molecule has 1 rings (SSSR count). The van der Waals surface area contributed by atoms with Crippen LogP contribution < -0.4 is 5.32 Å². The van der Waals surface area contributed by atoms with Gasteiger partial charge in [0.25, 0.3) is 5.69 Å². The zero-order chi connectivity index (χ0) is 15.8. The molecule has 0 aliphatic carbocycles. The van der Waals surface area contributed by atoms with Gasteiger partial charge < -0.3 is 15.2 Å². The van der Waals surface area contributed by atoms with Gasteiger partial charge in [0.1, 0.15) is 0 Å². The Kier molecular flexibility index (Phi) is 6.63. The van der Waals surface area contributed by atoms with Crippen LogP contribution in [0, 0.1) is 10.1 Å². The number of carbonyl (C=O) groups is 2. The van der Waals surface area contributed by atoms with Gasteiger partial charge in [-0.15, -0.1) is 11.8 Å². The molecule has 8 nitrogen and oxygen atoms in total. The predicted octanol–water partition coefficient (Wildman–Crippen LogP) is 0.903. The summed E-state index contributed by atoms with van der Waals surface area (Å²) in [4.78, 5) is 32.9. The fraction of sp³-hybridized carbons (Fsp3) is 0.333. The maximum atomic E-state index is 11.5. The maximum absolute atomic E-state index is 11.5. The van der Waals surface area contributed by atoms with Gasteiger partial charge in [-0.1, -0.05) is 0 Å². The number of nitrogens with zero attached hydrogens (tertiary/aromatic N) is 1. The van der Waals surface area contributed by atoms with E-state index >= 15 is 0 Å². The number of hydrogen-bond acceptors (Lipinski definition) is 6. The number of carbonyl (C=O) groups excluding carboxylic acids is 1. The fourth-order valence-corrected chi connectivity index (χ4v) is 2.07. The Balaban J connectivity index is 2.39. The molecule has 0 heterocycles. The summed E-state index contributed by atoms with van der Waals surface area (Å²) in [5, 5.41) is 21.7. The number of aliphatic carboxylic acids is 1. The topological polar surface area (TPSA) is 119 Å². The van der Waals surface area contributed by atoms with Crippen LogP contribution in [0.2, 0.25) is 0 Å². The molecular formula is C12H14N2O6S. The van der Waals surface area contributed by atoms with Crippen molar-refractivity contribution in [3.05, 3.63) is 34.4 Å². The predicted molar refractivity (Wildman–Crippen MR) is 75.3 cm³/mol. The van der Waals surface area contributed by atoms with Crippen molar-refractivity contribution in [1.82, 2.24) is 5.32 Å². The summed E-state index contributed by atoms with van der Waals surface area (Å²) >= 11 is 1.19. The van der Waals surface area contributed by atoms with Crippen LogP contribution in [-0.2, 0) is 14.3 Å². The van der Waals surface area contributed by atoms with Crippen LogP contribution >= 0.6 is 11.8 Å². The zero-order valence-corrected chi connectivity index (χ0v) is 12.0. The van der Waals surface area contributed by atoms with E-state index in [-0.39, 0.29) is 23.9 Å². The highest BCUT2D eigenvalue weighted by Gasteiger charge is 2.17. The van der Waals surface area contributed by atoms with Crippen molar-refractivity contribution in [2.75, 3.05) is 19.4 Å². The van der Waals surface area contributed by atoms with Crippen molar-refractivity contribution in [2.45, 2.75) is 11.0 Å². The molecule has 0 aliphatic rings. The SMILES string of the molecule is COC(CNC(=O)CSc1ccc([N+](=O)[O-])cc1)C(=O)O. The number of carboxylic acid groups (broad SMARTS) is 1. The van der Waals surface area contributed by atoms with E-state index in [0.29, 0.717) is 4.90 Å². The zero-order valence-electron chi connectivity index (χ0n) is 11.1. The number of thioether (sulfide) groups is 1. The molecule has 1 unspecified atom stereocenters. The molecule has 1 aromatic carbocycles. The second-order valence-electron chi connectivity index (χ2n) is 3.91. The van der Waals surface area contributed by atoms with Gasteiger partial charge in [-0.05, 0) is 12.1 Å². The molecule has 1 amide bonds. The van der Waals surface area contributed by atoms with Crippen LogP contribution in [0.15, 0.2) is 29.2 Å². The molecule has 9 heteroatoms. The maximum Gasteiger partial charge on any atom is 0.334 e. The molecule has 0 fully saturated rings. The van der Waals surface area contributed by atoms with Gasteiger partial charge in [-0.2, -0.15) is 0 Å². The molecule has 1 atom stereocenters. The third kappa shape index (κ3) is 5.79. The second kappa shape index (κ2) is 8.22. The van der Waals surface area contributed by atoms with Crippen LogP contribution in [0.5, 0.6) is 0 Å². The number of non-ortho nitro benzene ring substituents is 1. The van der Waals surface area contributed by atoms with Crippen LogP contribution in [0.3, 0.4) is 0 Å². The largest absolute Gasteiger partial charge is 0.479 e. The average molecular weight is 314 g/mol. The van der Waals surface area contributed by atoms with Crippen molar-refractivity contribution < 1.29 is 24.4 Å². The summed E-state index contributed by atoms with van der Waals surface area (Å²) in [6, 6.07) is 5.80. The van der Waals surface area contributed by atoms with E-state index in [1.807, 2.05) is 0 Å². The highest BCUT2D eigenvalue weighted by atomic mass is 32.2. The number of nitro groups is 1. The van der Waals surface area contributed by atoms with Crippen molar-refractivity contribution in [1.29, 1.82) is 0 Å². The highest BCUT2D eigenvalue weighted by molar-refractivity contribution is 8.00. The number of methoxy groups -OCH3 is 1. The molecule has 2 N–H and O–H groups in total. The number of ether oxygens (including phenoxy) is 1. The average Bonchev–Trinajstić information content (AvgIpc) is 2.45. The minimum atomic E-state index is -1.15. The van der Waals surface area contributed by atoms with E-state index in [9.17, 15) is 19.7 Å². The van der Waals surface area contributed by atoms with E-state index in [0.717, 1.165) is 0 Å². The van der Waals surface area contributed by atoms with Crippen molar-refractivity contribution in [3.63, 3.8) is 0 Å². The first-order valence-electron chi connectivity index (χ1n) is 5.83. The first kappa shape index (κ1) is 16.9. The number of nitro benzene ring substituents is 1. The molecule has 1 aromatic rings. The molecule has 0 aromatic heterocycles. The Labute approximate surface area is 124 Å². The minimum absolute atomic E-state index is 0.0202. The Morgan fingerprint density at radius 3 is 2.52 bits per heavy atom. The third-order valence-corrected chi connectivity index (χ3v) is 3.47. The van der Waals surface area contributed by atoms with Gasteiger partial charge in [-0.3, -0.25) is 14.9 Å². The summed E-state index contributed by atoms with van der Waals surface area (Å²) in [6.07, 6.45) is -1.08. The van der Waals surface area contributed by atoms with Crippen molar-refractivity contribution in [2.24, 2.45) is 0 Å². The number of carboxylic acids is 1. The molecule has 0 saturated carbocycles. The number of hydrogen-bond donors (Lipinski definition) is 2. The molecular weight excluding hydrogens is 300 g/mol. The second-order valence-corrected chi connectivity index (χ2v) is 4.96. The number of nitrogens with one attached hydrogen (secondary N) is 1. The molecule has 21 heavy (non-hydrogen) atoms. The van der Waals surface area contributed by atoms with E-state index < -0.39 is 17.0 Å². The normalized spacial score (nSPS) is 11.7. The van der Waals surface area contributed by atoms with Gasteiger partial charge in [0.15, 0.2) is 6.10 Å². The van der Waals surface area contributed by atoms with E-state index in [1.54, 1.807) is 12.1 Å². The summed E-state index contributed by atoms with van der Waals surface area (Å²) < 4.78 is 4.68. The first-order valence-corrected chi connectivity index (χ1v) is 6.82. The Bertz CT molecular complexity index is 519. The summed E-state index contributed by atoms with van der Waals surface area (Å²) in [5.41, 5.74) is -0.0202. The Hall–Kier alpha value is -2.13. The van der Waals surface area contributed by atoms with Gasteiger partial charge in [-0.25, -0.2) is 4.79 Å². The summed E-state index contributed by atoms with van der Waals surface area (Å²) in [7, 11) is 1.25. The van der Waals surface area contributed by atoms with Crippen molar-refractivity contribution >= 4 is 29.3 Å². The van der Waals surface area contributed by atoms with Crippen LogP contribution in [-0.4, -0.2) is 47.4 Å². The smallest absolute Gasteiger partial charge is 0.334 e. The molecule has 0 bridgehead atoms. The van der Waals surface area contributed by atoms with E-state index in [4.69, 9.17) is 5.11 Å². The van der Waals surface area contributed by atoms with E-state index in [1.165, 1.54) is 31.0 Å². The van der Waals surface area contributed by atoms with Gasteiger partial charge in [0, 0.05) is 24.1 Å². The molecule has 0 saturated heterocycles. The standard InChI is InChI=1S/C12H14N2O6S/c1-20-10(12(16)17)6-13-11(15)7-21-9-4-2-8(3-5-9)14(18)19/h2-5,10H,6-7H2,1H3,(H,13,15)(H,16,17). The molecule has 0 spiro atoms. The van der Waals surface area contributed by atoms with Gasteiger partial charge >= 0.3 is 5.97 Å². The molecule has 0 radical (unpaired) electrons. The summed E-state index contributed by atoms with van der Waals surface area (Å²) in [6.45, 7) is -0.120. The van der Waals surface area contributed by atoms with Crippen LogP contribution in [0.4, 0.5) is 5.69 Å². The quantitative estimate of drug-likeness (QED) is 0.415. The summed E-state index contributed by atoms with van der Waals surface area (Å²) in [5.74, 6) is -1.42. The molecule has 0 aliphatic heterocycles. The Morgan fingerprint density at radius 2 is 2.05 bits per heavy atom. The lowest BCUT2D eigenvalue weighted by atomic mass is 10.3. The highest BCUT2D eigenvalue weighted by Crippen LogP contribution is 2.20. The first-order chi connectivity index (χ1) is 9.93. The minimum Gasteiger partial charge on any atom is -0.479 e. The lowest BCUT2D eigenvalue weighted by Crippen LogP contribution is -2.38. The molecule has 114 valence electrons. The lowest BCUT2D eigenvalue weighted by Gasteiger charge is -2.11. The van der Waals surface area contributed by atoms with Crippen LogP contribution in [0.1, 0.15) is 0 Å². The van der Waals surface area contributed by atoms with E-state index in [2.05, 4.69) is 10.1 Å². The number of rotatable bonds is 8. The third-order valence-electron chi connectivity index (χ3n) is 2.46. The van der Waals surface area contributed by atoms with Gasteiger partial charge in [0.2, 0.25) is 5.91 Å². The van der Waals surface area contributed by atoms with Crippen molar-refractivity contribution in [3.8, 4) is 0 Å². The number of amides is 1.